The van der Waals surface area contributed by atoms with Crippen LogP contribution in [0.3, 0.4) is 0 Å². The van der Waals surface area contributed by atoms with E-state index in [0.717, 1.165) is 0 Å². The predicted octanol–water partition coefficient (Wildman–Crippen LogP) is -0.266. The molecule has 0 aromatic rings. The van der Waals surface area contributed by atoms with E-state index in [2.05, 4.69) is 0 Å². The third kappa shape index (κ3) is 0.781. The van der Waals surface area contributed by atoms with Crippen LogP contribution in [0.5, 0.6) is 0 Å². The molecule has 0 unspecified atom stereocenters. The molecule has 1 aliphatic carbocycles. The third-order valence-electron chi connectivity index (χ3n) is 1.40. The number of rotatable bonds is 1. The van der Waals surface area contributed by atoms with Gasteiger partial charge < -0.3 is 0 Å². The molecule has 0 radical (unpaired) electrons. The Kier molecular flexibility index (Phi) is 1.20. The van der Waals surface area contributed by atoms with Crippen molar-refractivity contribution in [3.8, 4) is 0 Å². The van der Waals surface area contributed by atoms with Gasteiger partial charge in [0.05, 0.1) is 6.42 Å². The first kappa shape index (κ1) is 6.13. The number of carbonyl (C=O) groups excluding carboxylic acids is 3. The summed E-state index contributed by atoms with van der Waals surface area (Å²) in [5.74, 6) is -1.68. The quantitative estimate of drug-likeness (QED) is 0.454. The van der Waals surface area contributed by atoms with Crippen molar-refractivity contribution in [1.29, 1.82) is 0 Å². The smallest absolute Gasteiger partial charge is 0.158 e. The van der Waals surface area contributed by atoms with Crippen molar-refractivity contribution < 1.29 is 14.4 Å². The minimum Gasteiger partial charge on any atom is -0.299 e. The normalized spacial score (nSPS) is 19.7. The van der Waals surface area contributed by atoms with E-state index in [1.54, 1.807) is 0 Å². The summed E-state index contributed by atoms with van der Waals surface area (Å²) >= 11 is 0. The highest BCUT2D eigenvalue weighted by atomic mass is 16.2. The number of ketones is 3. The molecule has 48 valence electrons. The second-order valence-electron chi connectivity index (χ2n) is 2.15. The van der Waals surface area contributed by atoms with E-state index >= 15 is 0 Å². The molecule has 0 amide bonds. The van der Waals surface area contributed by atoms with Crippen LogP contribution in [0.4, 0.5) is 0 Å². The lowest BCUT2D eigenvalue weighted by Crippen LogP contribution is -2.41. The topological polar surface area (TPSA) is 51.2 Å². The average molecular weight is 126 g/mol. The molecule has 1 fully saturated rings. The summed E-state index contributed by atoms with van der Waals surface area (Å²) in [6.45, 7) is 1.26. The van der Waals surface area contributed by atoms with Gasteiger partial charge in [0, 0.05) is 0 Å². The first-order valence-electron chi connectivity index (χ1n) is 2.69. The molecule has 0 heterocycles. The zero-order valence-corrected chi connectivity index (χ0v) is 5.01. The summed E-state index contributed by atoms with van der Waals surface area (Å²) in [4.78, 5) is 31.3. The zero-order chi connectivity index (χ0) is 7.02. The van der Waals surface area contributed by atoms with Gasteiger partial charge in [-0.15, -0.1) is 0 Å². The van der Waals surface area contributed by atoms with Crippen molar-refractivity contribution in [2.75, 3.05) is 0 Å². The molecule has 3 heteroatoms. The van der Waals surface area contributed by atoms with Crippen LogP contribution in [0, 0.1) is 5.92 Å². The summed E-state index contributed by atoms with van der Waals surface area (Å²) in [5.41, 5.74) is 0. The van der Waals surface area contributed by atoms with Gasteiger partial charge in [-0.3, -0.25) is 14.4 Å². The van der Waals surface area contributed by atoms with Crippen LogP contribution in [0.1, 0.15) is 13.3 Å². The summed E-state index contributed by atoms with van der Waals surface area (Å²) in [5, 5.41) is 0. The summed E-state index contributed by atoms with van der Waals surface area (Å²) < 4.78 is 0. The van der Waals surface area contributed by atoms with Crippen LogP contribution in [0.25, 0.3) is 0 Å². The molecular formula is C6H6O3. The van der Waals surface area contributed by atoms with Gasteiger partial charge in [0.15, 0.2) is 11.6 Å². The predicted molar refractivity (Wildman–Crippen MR) is 28.8 cm³/mol. The van der Waals surface area contributed by atoms with E-state index in [9.17, 15) is 14.4 Å². The zero-order valence-electron chi connectivity index (χ0n) is 5.01. The van der Waals surface area contributed by atoms with Crippen molar-refractivity contribution in [3.63, 3.8) is 0 Å². The van der Waals surface area contributed by atoms with Crippen LogP contribution >= 0.6 is 0 Å². The number of Topliss-reactive ketones (excluding diaryl/α,β-unsaturated/α-hetero) is 3. The molecule has 0 aromatic heterocycles. The molecule has 1 saturated carbocycles. The Hall–Kier alpha value is -0.990. The van der Waals surface area contributed by atoms with Crippen LogP contribution in [0.15, 0.2) is 0 Å². The van der Waals surface area contributed by atoms with Crippen LogP contribution in [-0.4, -0.2) is 17.3 Å². The number of carbonyl (C=O) groups is 3. The van der Waals surface area contributed by atoms with Crippen molar-refractivity contribution in [1.82, 2.24) is 0 Å². The van der Waals surface area contributed by atoms with Crippen molar-refractivity contribution in [3.05, 3.63) is 0 Å². The minimum atomic E-state index is -0.898. The molecule has 0 aromatic carbocycles. The Labute approximate surface area is 52.0 Å². The van der Waals surface area contributed by atoms with Gasteiger partial charge in [-0.25, -0.2) is 0 Å². The number of hydrogen-bond donors (Lipinski definition) is 0. The lowest BCUT2D eigenvalue weighted by molar-refractivity contribution is -0.148. The average Bonchev–Trinajstić information content (AvgIpc) is 1.62. The van der Waals surface area contributed by atoms with Gasteiger partial charge in [0.2, 0.25) is 0 Å². The maximum absolute atomic E-state index is 10.4. The largest absolute Gasteiger partial charge is 0.299 e. The Morgan fingerprint density at radius 2 is 1.89 bits per heavy atom. The fourth-order valence-corrected chi connectivity index (χ4v) is 0.878. The summed E-state index contributed by atoms with van der Waals surface area (Å²) in [6, 6.07) is 0. The molecule has 0 aliphatic heterocycles. The SMILES string of the molecule is CC(=O)C1C(=O)CC1=O. The van der Waals surface area contributed by atoms with Gasteiger partial charge in [-0.1, -0.05) is 0 Å². The van der Waals surface area contributed by atoms with E-state index in [4.69, 9.17) is 0 Å². The Morgan fingerprint density at radius 3 is 2.00 bits per heavy atom. The first-order chi connectivity index (χ1) is 4.13. The van der Waals surface area contributed by atoms with E-state index in [0.29, 0.717) is 0 Å². The van der Waals surface area contributed by atoms with Gasteiger partial charge >= 0.3 is 0 Å². The molecule has 9 heavy (non-hydrogen) atoms. The Balaban J connectivity index is 2.70. The highest BCUT2D eigenvalue weighted by Gasteiger charge is 2.41. The van der Waals surface area contributed by atoms with E-state index in [1.807, 2.05) is 0 Å². The van der Waals surface area contributed by atoms with E-state index in [-0.39, 0.29) is 23.8 Å². The van der Waals surface area contributed by atoms with Gasteiger partial charge in [0.25, 0.3) is 0 Å². The van der Waals surface area contributed by atoms with Crippen LogP contribution in [-0.2, 0) is 14.4 Å². The molecule has 3 nitrogen and oxygen atoms in total. The molecule has 0 bridgehead atoms. The standard InChI is InChI=1S/C6H6O3/c1-3(7)6-4(8)2-5(6)9/h6H,2H2,1H3. The maximum atomic E-state index is 10.4. The molecule has 0 atom stereocenters. The second-order valence-corrected chi connectivity index (χ2v) is 2.15. The lowest BCUT2D eigenvalue weighted by Gasteiger charge is -2.18. The van der Waals surface area contributed by atoms with Crippen LogP contribution in [0.2, 0.25) is 0 Å². The highest BCUT2D eigenvalue weighted by Crippen LogP contribution is 2.18. The molecule has 0 N–H and O–H groups in total. The molecule has 1 rings (SSSR count). The fourth-order valence-electron chi connectivity index (χ4n) is 0.878. The maximum Gasteiger partial charge on any atom is 0.158 e. The van der Waals surface area contributed by atoms with Crippen LogP contribution < -0.4 is 0 Å². The Bertz CT molecular complexity index is 167. The minimum absolute atomic E-state index is 0.0375. The second kappa shape index (κ2) is 1.76. The fraction of sp³-hybridized carbons (Fsp3) is 0.500. The molecule has 0 saturated heterocycles. The number of hydrogen-bond acceptors (Lipinski definition) is 3. The molecular weight excluding hydrogens is 120 g/mol. The van der Waals surface area contributed by atoms with Crippen molar-refractivity contribution in [2.24, 2.45) is 5.92 Å². The summed E-state index contributed by atoms with van der Waals surface area (Å²) in [6.07, 6.45) is -0.0375. The van der Waals surface area contributed by atoms with Gasteiger partial charge in [-0.2, -0.15) is 0 Å². The summed E-state index contributed by atoms with van der Waals surface area (Å²) in [7, 11) is 0. The molecule has 0 spiro atoms. The van der Waals surface area contributed by atoms with Gasteiger partial charge in [0.1, 0.15) is 11.7 Å². The van der Waals surface area contributed by atoms with E-state index < -0.39 is 5.92 Å². The first-order valence-corrected chi connectivity index (χ1v) is 2.69. The van der Waals surface area contributed by atoms with Crippen molar-refractivity contribution in [2.45, 2.75) is 13.3 Å². The van der Waals surface area contributed by atoms with Crippen molar-refractivity contribution >= 4 is 17.3 Å². The van der Waals surface area contributed by atoms with E-state index in [1.165, 1.54) is 6.92 Å². The lowest BCUT2D eigenvalue weighted by atomic mass is 9.80. The monoisotopic (exact) mass is 126 g/mol. The molecule has 1 aliphatic rings. The highest BCUT2D eigenvalue weighted by molar-refractivity contribution is 6.32. The third-order valence-corrected chi connectivity index (χ3v) is 1.40. The Morgan fingerprint density at radius 1 is 1.44 bits per heavy atom. The van der Waals surface area contributed by atoms with Gasteiger partial charge in [-0.05, 0) is 6.92 Å².